The average Bonchev–Trinajstić information content (AvgIpc) is 2.21. The van der Waals surface area contributed by atoms with Gasteiger partial charge in [0.25, 0.3) is 0 Å². The van der Waals surface area contributed by atoms with Gasteiger partial charge in [-0.3, -0.25) is 0 Å². The van der Waals surface area contributed by atoms with Gasteiger partial charge in [-0.15, -0.1) is 0 Å². The first-order chi connectivity index (χ1) is 6.22. The summed E-state index contributed by atoms with van der Waals surface area (Å²) < 4.78 is 0. The van der Waals surface area contributed by atoms with Gasteiger partial charge < -0.3 is 16.0 Å². The van der Waals surface area contributed by atoms with Crippen LogP contribution in [0.3, 0.4) is 0 Å². The van der Waals surface area contributed by atoms with E-state index in [9.17, 15) is 0 Å². The lowest BCUT2D eigenvalue weighted by Gasteiger charge is -2.31. The summed E-state index contributed by atoms with van der Waals surface area (Å²) in [6.45, 7) is 6.16. The number of nitrogens with zero attached hydrogens (tertiary/aromatic N) is 1. The first kappa shape index (κ1) is 12.7. The fourth-order valence-electron chi connectivity index (χ4n) is 1.37. The van der Waals surface area contributed by atoms with E-state index in [-0.39, 0.29) is 0 Å². The third-order valence-electron chi connectivity index (χ3n) is 2.20. The van der Waals surface area contributed by atoms with Crippen LogP contribution in [-0.2, 0) is 0 Å². The number of hydrogen-bond acceptors (Lipinski definition) is 2. The second-order valence-electron chi connectivity index (χ2n) is 2.93. The Balaban J connectivity index is 0.000000671. The number of nitrogens with one attached hydrogen (secondary N) is 1. The maximum Gasteiger partial charge on any atom is 0.166 e. The van der Waals surface area contributed by atoms with E-state index in [0.29, 0.717) is 11.2 Å². The standard InChI is InChI=1S/C7H15N3S.C2H6/c1-10(7(8)11)6-2-4-9-5-3-6;1-2/h6,9H,2-5H2,1H3,(H2,8,11);1-2H3. The molecule has 0 amide bonds. The number of piperidine rings is 1. The Morgan fingerprint density at radius 3 is 2.23 bits per heavy atom. The van der Waals surface area contributed by atoms with Gasteiger partial charge in [0.1, 0.15) is 0 Å². The monoisotopic (exact) mass is 203 g/mol. The summed E-state index contributed by atoms with van der Waals surface area (Å²) >= 11 is 4.88. The zero-order valence-electron chi connectivity index (χ0n) is 8.84. The van der Waals surface area contributed by atoms with Crippen molar-refractivity contribution in [1.82, 2.24) is 10.2 Å². The molecular formula is C9H21N3S. The van der Waals surface area contributed by atoms with Gasteiger partial charge in [0.2, 0.25) is 0 Å². The highest BCUT2D eigenvalue weighted by atomic mass is 32.1. The number of rotatable bonds is 1. The molecular weight excluding hydrogens is 182 g/mol. The first-order valence-corrected chi connectivity index (χ1v) is 5.35. The molecule has 3 nitrogen and oxygen atoms in total. The Morgan fingerprint density at radius 2 is 1.85 bits per heavy atom. The van der Waals surface area contributed by atoms with Gasteiger partial charge in [0.05, 0.1) is 0 Å². The fourth-order valence-corrected chi connectivity index (χ4v) is 1.52. The summed E-state index contributed by atoms with van der Waals surface area (Å²) in [4.78, 5) is 2.00. The molecule has 0 radical (unpaired) electrons. The van der Waals surface area contributed by atoms with E-state index >= 15 is 0 Å². The van der Waals surface area contributed by atoms with Crippen LogP contribution in [0.4, 0.5) is 0 Å². The lowest BCUT2D eigenvalue weighted by molar-refractivity contribution is 0.291. The van der Waals surface area contributed by atoms with Crippen LogP contribution < -0.4 is 11.1 Å². The summed E-state index contributed by atoms with van der Waals surface area (Å²) in [7, 11) is 1.97. The van der Waals surface area contributed by atoms with Crippen molar-refractivity contribution >= 4 is 17.3 Å². The highest BCUT2D eigenvalue weighted by molar-refractivity contribution is 7.80. The van der Waals surface area contributed by atoms with E-state index in [4.69, 9.17) is 18.0 Å². The summed E-state index contributed by atoms with van der Waals surface area (Å²) in [6.07, 6.45) is 2.29. The fraction of sp³-hybridized carbons (Fsp3) is 0.889. The van der Waals surface area contributed by atoms with Gasteiger partial charge in [-0.05, 0) is 38.1 Å². The van der Waals surface area contributed by atoms with E-state index in [1.807, 2.05) is 25.8 Å². The molecule has 3 N–H and O–H groups in total. The van der Waals surface area contributed by atoms with Gasteiger partial charge in [0, 0.05) is 13.1 Å². The second kappa shape index (κ2) is 7.09. The molecule has 4 heteroatoms. The molecule has 0 aromatic rings. The zero-order valence-corrected chi connectivity index (χ0v) is 9.66. The lowest BCUT2D eigenvalue weighted by Crippen LogP contribution is -2.45. The minimum absolute atomic E-state index is 0.511. The molecule has 1 saturated heterocycles. The van der Waals surface area contributed by atoms with Crippen LogP contribution in [0.15, 0.2) is 0 Å². The van der Waals surface area contributed by atoms with Crippen LogP contribution in [0.2, 0.25) is 0 Å². The van der Waals surface area contributed by atoms with Gasteiger partial charge in [0.15, 0.2) is 5.11 Å². The third-order valence-corrected chi connectivity index (χ3v) is 2.49. The van der Waals surface area contributed by atoms with Crippen LogP contribution in [0.5, 0.6) is 0 Å². The molecule has 0 aliphatic carbocycles. The van der Waals surface area contributed by atoms with Crippen LogP contribution in [0.1, 0.15) is 26.7 Å². The summed E-state index contributed by atoms with van der Waals surface area (Å²) in [5, 5.41) is 3.81. The van der Waals surface area contributed by atoms with E-state index in [1.54, 1.807) is 0 Å². The lowest BCUT2D eigenvalue weighted by atomic mass is 10.1. The van der Waals surface area contributed by atoms with Crippen molar-refractivity contribution in [3.8, 4) is 0 Å². The predicted octanol–water partition coefficient (Wildman–Crippen LogP) is 0.940. The Labute approximate surface area is 86.7 Å². The summed E-state index contributed by atoms with van der Waals surface area (Å²) in [5.74, 6) is 0. The highest BCUT2D eigenvalue weighted by Crippen LogP contribution is 2.08. The van der Waals surface area contributed by atoms with Crippen molar-refractivity contribution in [2.24, 2.45) is 5.73 Å². The van der Waals surface area contributed by atoms with Gasteiger partial charge >= 0.3 is 0 Å². The molecule has 0 saturated carbocycles. The predicted molar refractivity (Wildman–Crippen MR) is 61.8 cm³/mol. The topological polar surface area (TPSA) is 41.3 Å². The quantitative estimate of drug-likeness (QED) is 0.622. The Hall–Kier alpha value is -0.350. The summed E-state index contributed by atoms with van der Waals surface area (Å²) in [5.41, 5.74) is 5.50. The smallest absolute Gasteiger partial charge is 0.166 e. The molecule has 1 rings (SSSR count). The van der Waals surface area contributed by atoms with Crippen molar-refractivity contribution < 1.29 is 0 Å². The molecule has 0 bridgehead atoms. The van der Waals surface area contributed by atoms with E-state index < -0.39 is 0 Å². The minimum Gasteiger partial charge on any atom is -0.376 e. The maximum atomic E-state index is 5.50. The Kier molecular flexibility index (Phi) is 6.90. The largest absolute Gasteiger partial charge is 0.376 e. The minimum atomic E-state index is 0.511. The molecule has 1 aliphatic rings. The Morgan fingerprint density at radius 1 is 1.38 bits per heavy atom. The van der Waals surface area contributed by atoms with Gasteiger partial charge in [-0.1, -0.05) is 13.8 Å². The molecule has 0 spiro atoms. The van der Waals surface area contributed by atoms with Gasteiger partial charge in [-0.25, -0.2) is 0 Å². The van der Waals surface area contributed by atoms with Crippen molar-refractivity contribution in [2.75, 3.05) is 20.1 Å². The molecule has 0 atom stereocenters. The molecule has 13 heavy (non-hydrogen) atoms. The normalized spacial score (nSPS) is 17.2. The SMILES string of the molecule is CC.CN(C(N)=S)C1CCNCC1. The second-order valence-corrected chi connectivity index (χ2v) is 3.35. The molecule has 1 heterocycles. The van der Waals surface area contributed by atoms with Crippen molar-refractivity contribution in [2.45, 2.75) is 32.7 Å². The van der Waals surface area contributed by atoms with E-state index in [2.05, 4.69) is 5.32 Å². The third kappa shape index (κ3) is 4.43. The molecule has 0 aromatic heterocycles. The number of nitrogens with two attached hydrogens (primary N) is 1. The van der Waals surface area contributed by atoms with Crippen LogP contribution in [0, 0.1) is 0 Å². The number of thiocarbonyl (C=S) groups is 1. The van der Waals surface area contributed by atoms with Crippen molar-refractivity contribution in [3.05, 3.63) is 0 Å². The molecule has 0 unspecified atom stereocenters. The molecule has 78 valence electrons. The average molecular weight is 203 g/mol. The van der Waals surface area contributed by atoms with Crippen LogP contribution in [-0.4, -0.2) is 36.2 Å². The maximum absolute atomic E-state index is 5.50. The first-order valence-electron chi connectivity index (χ1n) is 4.95. The van der Waals surface area contributed by atoms with Crippen molar-refractivity contribution in [3.63, 3.8) is 0 Å². The van der Waals surface area contributed by atoms with E-state index in [0.717, 1.165) is 25.9 Å². The Bertz CT molecular complexity index is 144. The van der Waals surface area contributed by atoms with Gasteiger partial charge in [-0.2, -0.15) is 0 Å². The number of hydrogen-bond donors (Lipinski definition) is 2. The highest BCUT2D eigenvalue weighted by Gasteiger charge is 2.17. The summed E-state index contributed by atoms with van der Waals surface area (Å²) in [6, 6.07) is 0.550. The molecule has 1 aliphatic heterocycles. The van der Waals surface area contributed by atoms with Crippen LogP contribution in [0.25, 0.3) is 0 Å². The zero-order chi connectivity index (χ0) is 10.3. The molecule has 1 fully saturated rings. The molecule has 0 aromatic carbocycles. The van der Waals surface area contributed by atoms with Crippen LogP contribution >= 0.6 is 12.2 Å². The van der Waals surface area contributed by atoms with E-state index in [1.165, 1.54) is 0 Å². The van der Waals surface area contributed by atoms with Crippen molar-refractivity contribution in [1.29, 1.82) is 0 Å².